The Morgan fingerprint density at radius 3 is 1.83 bits per heavy atom. The van der Waals surface area contributed by atoms with E-state index in [1.807, 2.05) is 12.1 Å². The van der Waals surface area contributed by atoms with Crippen molar-refractivity contribution >= 4 is 33.1 Å². The number of aliphatic carboxylic acids is 1. The van der Waals surface area contributed by atoms with Gasteiger partial charge in [-0.1, -0.05) is 0 Å². The second-order valence-electron chi connectivity index (χ2n) is 4.81. The molecule has 0 radical (unpaired) electrons. The highest BCUT2D eigenvalue weighted by molar-refractivity contribution is 7.89. The monoisotopic (exact) mass is 352 g/mol. The summed E-state index contributed by atoms with van der Waals surface area (Å²) in [6.07, 6.45) is 0.115. The van der Waals surface area contributed by atoms with Crippen LogP contribution in [0, 0.1) is 0 Å². The van der Waals surface area contributed by atoms with Crippen molar-refractivity contribution in [2.45, 2.75) is 11.3 Å². The molecule has 2 rings (SSSR count). The van der Waals surface area contributed by atoms with Gasteiger partial charge in [-0.05, 0) is 48.5 Å². The summed E-state index contributed by atoms with van der Waals surface area (Å²) < 4.78 is 21.4. The van der Waals surface area contributed by atoms with Gasteiger partial charge in [0, 0.05) is 23.6 Å². The van der Waals surface area contributed by atoms with E-state index < -0.39 is 16.0 Å². The van der Waals surface area contributed by atoms with Gasteiger partial charge in [-0.3, -0.25) is 4.79 Å². The molecule has 0 bridgehead atoms. The quantitative estimate of drug-likeness (QED) is 0.503. The lowest BCUT2D eigenvalue weighted by molar-refractivity contribution is -0.136. The van der Waals surface area contributed by atoms with Crippen molar-refractivity contribution in [2.75, 3.05) is 23.3 Å². The molecule has 24 heavy (non-hydrogen) atoms. The molecule has 0 fully saturated rings. The van der Waals surface area contributed by atoms with Crippen molar-refractivity contribution in [3.05, 3.63) is 48.5 Å². The minimum Gasteiger partial charge on any atom is -0.481 e. The Bertz CT molecular complexity index is 759. The van der Waals surface area contributed by atoms with Gasteiger partial charge < -0.3 is 21.9 Å². The number of carboxylic acid groups (broad SMARTS) is 1. The van der Waals surface area contributed by atoms with Crippen LogP contribution in [0.2, 0.25) is 0 Å². The molecule has 8 nitrogen and oxygen atoms in total. The van der Waals surface area contributed by atoms with Gasteiger partial charge in [-0.15, -0.1) is 0 Å². The highest BCUT2D eigenvalue weighted by Crippen LogP contribution is 2.10. The highest BCUT2D eigenvalue weighted by atomic mass is 32.2. The van der Waals surface area contributed by atoms with Crippen molar-refractivity contribution in [3.8, 4) is 0 Å². The normalized spacial score (nSPS) is 10.4. The molecule has 0 heterocycles. The Kier molecular flexibility index (Phi) is 7.02. The van der Waals surface area contributed by atoms with Crippen LogP contribution in [0.3, 0.4) is 0 Å². The third-order valence-corrected chi connectivity index (χ3v) is 3.72. The zero-order chi connectivity index (χ0) is 18.2. The highest BCUT2D eigenvalue weighted by Gasteiger charge is 2.05. The van der Waals surface area contributed by atoms with Crippen LogP contribution in [0.1, 0.15) is 6.42 Å². The minimum atomic E-state index is -3.58. The van der Waals surface area contributed by atoms with E-state index >= 15 is 0 Å². The summed E-state index contributed by atoms with van der Waals surface area (Å²) >= 11 is 0. The van der Waals surface area contributed by atoms with Crippen molar-refractivity contribution in [2.24, 2.45) is 5.14 Å². The van der Waals surface area contributed by atoms with Crippen molar-refractivity contribution < 1.29 is 18.3 Å². The number of sulfonamides is 1. The molecule has 0 saturated carbocycles. The number of benzene rings is 2. The fourth-order valence-electron chi connectivity index (χ4n) is 1.57. The average molecular weight is 352 g/mol. The largest absolute Gasteiger partial charge is 0.481 e. The smallest absolute Gasteiger partial charge is 0.305 e. The van der Waals surface area contributed by atoms with Gasteiger partial charge in [0.2, 0.25) is 10.0 Å². The number of hydrogen-bond acceptors (Lipinski definition) is 6. The number of rotatable bonds is 5. The fourth-order valence-corrected chi connectivity index (χ4v) is 2.09. The third kappa shape index (κ3) is 7.47. The molecule has 0 unspecified atom stereocenters. The van der Waals surface area contributed by atoms with Crippen LogP contribution in [-0.4, -0.2) is 26.0 Å². The summed E-state index contributed by atoms with van der Waals surface area (Å²) in [6, 6.07) is 12.9. The molecule has 0 aliphatic carbocycles. The fraction of sp³-hybridized carbons (Fsp3) is 0.133. The van der Waals surface area contributed by atoms with Crippen molar-refractivity contribution in [1.29, 1.82) is 0 Å². The maximum Gasteiger partial charge on any atom is 0.305 e. The van der Waals surface area contributed by atoms with E-state index in [0.717, 1.165) is 5.69 Å². The first kappa shape index (κ1) is 19.3. The number of nitrogens with one attached hydrogen (secondary N) is 1. The number of carboxylic acids is 1. The predicted molar refractivity (Wildman–Crippen MR) is 93.8 cm³/mol. The molecule has 0 aliphatic heterocycles. The zero-order valence-corrected chi connectivity index (χ0v) is 13.7. The van der Waals surface area contributed by atoms with E-state index in [0.29, 0.717) is 17.9 Å². The van der Waals surface area contributed by atoms with Crippen LogP contribution in [0.5, 0.6) is 0 Å². The topological polar surface area (TPSA) is 162 Å². The summed E-state index contributed by atoms with van der Waals surface area (Å²) in [5, 5.41) is 16.2. The second-order valence-corrected chi connectivity index (χ2v) is 6.37. The van der Waals surface area contributed by atoms with Gasteiger partial charge in [0.05, 0.1) is 11.3 Å². The summed E-state index contributed by atoms with van der Waals surface area (Å²) in [4.78, 5) is 10.3. The number of nitrogens with two attached hydrogens (primary N) is 3. The molecule has 8 N–H and O–H groups in total. The van der Waals surface area contributed by atoms with Crippen LogP contribution in [0.25, 0.3) is 0 Å². The lowest BCUT2D eigenvalue weighted by Gasteiger charge is -2.03. The van der Waals surface area contributed by atoms with Gasteiger partial charge in [-0.2, -0.15) is 0 Å². The SMILES string of the molecule is Nc1ccc(NCCC(=O)O)cc1.Nc1ccc(S(N)(=O)=O)cc1. The van der Waals surface area contributed by atoms with Crippen LogP contribution in [0.4, 0.5) is 17.1 Å². The van der Waals surface area contributed by atoms with E-state index in [1.165, 1.54) is 24.3 Å². The minimum absolute atomic E-state index is 0.0756. The molecular formula is C15H20N4O4S. The summed E-state index contributed by atoms with van der Waals surface area (Å²) in [5.41, 5.74) is 12.9. The van der Waals surface area contributed by atoms with Crippen molar-refractivity contribution in [3.63, 3.8) is 0 Å². The number of nitrogen functional groups attached to an aromatic ring is 2. The first-order valence-electron chi connectivity index (χ1n) is 6.88. The van der Waals surface area contributed by atoms with E-state index in [1.54, 1.807) is 12.1 Å². The lowest BCUT2D eigenvalue weighted by atomic mass is 10.3. The maximum absolute atomic E-state index is 10.7. The number of anilines is 3. The van der Waals surface area contributed by atoms with E-state index in [-0.39, 0.29) is 11.3 Å². The average Bonchev–Trinajstić information content (AvgIpc) is 2.49. The van der Waals surface area contributed by atoms with Gasteiger partial charge >= 0.3 is 5.97 Å². The molecular weight excluding hydrogens is 332 g/mol. The standard InChI is InChI=1S/C9H12N2O2.C6H8N2O2S/c10-7-1-3-8(4-2-7)11-6-5-9(12)13;7-5-1-3-6(4-2-5)11(8,9)10/h1-4,11H,5-6,10H2,(H,12,13);1-4H,7H2,(H2,8,9,10). The Balaban J connectivity index is 0.000000243. The van der Waals surface area contributed by atoms with Gasteiger partial charge in [0.15, 0.2) is 0 Å². The van der Waals surface area contributed by atoms with E-state index in [4.69, 9.17) is 21.7 Å². The van der Waals surface area contributed by atoms with Crippen LogP contribution >= 0.6 is 0 Å². The van der Waals surface area contributed by atoms with Crippen LogP contribution in [0.15, 0.2) is 53.4 Å². The second kappa shape index (κ2) is 8.75. The van der Waals surface area contributed by atoms with Gasteiger partial charge in [0.1, 0.15) is 0 Å². The molecule has 0 saturated heterocycles. The van der Waals surface area contributed by atoms with Gasteiger partial charge in [0.25, 0.3) is 0 Å². The van der Waals surface area contributed by atoms with E-state index in [9.17, 15) is 13.2 Å². The Morgan fingerprint density at radius 1 is 0.958 bits per heavy atom. The summed E-state index contributed by atoms with van der Waals surface area (Å²) in [6.45, 7) is 0.430. The number of carbonyl (C=O) groups is 1. The predicted octanol–water partition coefficient (Wildman–Crippen LogP) is 1.07. The molecule has 9 heteroatoms. The molecule has 0 aliphatic rings. The van der Waals surface area contributed by atoms with Crippen LogP contribution < -0.4 is 21.9 Å². The molecule has 130 valence electrons. The zero-order valence-electron chi connectivity index (χ0n) is 12.8. The molecule has 0 amide bonds. The Morgan fingerprint density at radius 2 is 1.42 bits per heavy atom. The lowest BCUT2D eigenvalue weighted by Crippen LogP contribution is -2.11. The Labute approximate surface area is 140 Å². The molecule has 0 atom stereocenters. The number of hydrogen-bond donors (Lipinski definition) is 5. The molecule has 0 spiro atoms. The van der Waals surface area contributed by atoms with Crippen LogP contribution in [-0.2, 0) is 14.8 Å². The molecule has 0 aromatic heterocycles. The molecule has 2 aromatic rings. The Hall–Kier alpha value is -2.78. The third-order valence-electron chi connectivity index (χ3n) is 2.79. The summed E-state index contributed by atoms with van der Waals surface area (Å²) in [7, 11) is -3.58. The first-order valence-corrected chi connectivity index (χ1v) is 8.42. The maximum atomic E-state index is 10.7. The van der Waals surface area contributed by atoms with Gasteiger partial charge in [-0.25, -0.2) is 13.6 Å². The van der Waals surface area contributed by atoms with E-state index in [2.05, 4.69) is 5.32 Å². The number of primary sulfonamides is 1. The molecule has 2 aromatic carbocycles. The first-order chi connectivity index (χ1) is 11.2. The summed E-state index contributed by atoms with van der Waals surface area (Å²) in [5.74, 6) is -0.803. The van der Waals surface area contributed by atoms with Crippen molar-refractivity contribution in [1.82, 2.24) is 0 Å².